The quantitative estimate of drug-likeness (QED) is 0.889. The van der Waals surface area contributed by atoms with Crippen LogP contribution in [-0.4, -0.2) is 36.0 Å². The van der Waals surface area contributed by atoms with E-state index in [0.29, 0.717) is 11.4 Å². The summed E-state index contributed by atoms with van der Waals surface area (Å²) in [7, 11) is 0. The number of benzene rings is 1. The molecule has 1 heterocycles. The Morgan fingerprint density at radius 3 is 2.94 bits per heavy atom. The van der Waals surface area contributed by atoms with Crippen molar-refractivity contribution >= 4 is 17.5 Å². The maximum Gasteiger partial charge on any atom is 0.227 e. The van der Waals surface area contributed by atoms with E-state index in [-0.39, 0.29) is 11.4 Å². The van der Waals surface area contributed by atoms with Gasteiger partial charge in [-0.1, -0.05) is 23.7 Å². The average molecular weight is 267 g/mol. The normalized spacial score (nSPS) is 18.7. The van der Waals surface area contributed by atoms with Crippen LogP contribution in [0.4, 0.5) is 0 Å². The van der Waals surface area contributed by atoms with Crippen LogP contribution in [0.15, 0.2) is 24.3 Å². The molecule has 3 nitrogen and oxygen atoms in total. The van der Waals surface area contributed by atoms with E-state index >= 15 is 0 Å². The highest BCUT2D eigenvalue weighted by Gasteiger charge is 2.32. The predicted octanol–water partition coefficient (Wildman–Crippen LogP) is 2.09. The zero-order valence-corrected chi connectivity index (χ0v) is 11.6. The summed E-state index contributed by atoms with van der Waals surface area (Å²) in [5, 5.41) is 4.00. The summed E-state index contributed by atoms with van der Waals surface area (Å²) in [6.45, 7) is 6.66. The van der Waals surface area contributed by atoms with Crippen molar-refractivity contribution in [1.82, 2.24) is 10.2 Å². The monoisotopic (exact) mass is 266 g/mol. The van der Waals surface area contributed by atoms with E-state index in [1.165, 1.54) is 0 Å². The number of nitrogens with one attached hydrogen (secondary N) is 1. The van der Waals surface area contributed by atoms with Crippen molar-refractivity contribution < 1.29 is 4.79 Å². The number of halogens is 1. The van der Waals surface area contributed by atoms with Gasteiger partial charge in [0.2, 0.25) is 5.91 Å². The third-order valence-corrected chi connectivity index (χ3v) is 3.58. The molecule has 0 radical (unpaired) electrons. The van der Waals surface area contributed by atoms with E-state index in [9.17, 15) is 4.79 Å². The molecular formula is C14H19ClN2O. The molecule has 0 aliphatic carbocycles. The average Bonchev–Trinajstić information content (AvgIpc) is 2.28. The van der Waals surface area contributed by atoms with Crippen LogP contribution in [0, 0.1) is 0 Å². The summed E-state index contributed by atoms with van der Waals surface area (Å²) in [6.07, 6.45) is 0.421. The molecule has 1 N–H and O–H groups in total. The highest BCUT2D eigenvalue weighted by molar-refractivity contribution is 6.30. The minimum Gasteiger partial charge on any atom is -0.335 e. The number of nitrogens with zero attached hydrogens (tertiary/aromatic N) is 1. The van der Waals surface area contributed by atoms with Crippen molar-refractivity contribution in [2.75, 3.05) is 19.6 Å². The minimum absolute atomic E-state index is 0.117. The second-order valence-corrected chi connectivity index (χ2v) is 5.78. The zero-order valence-electron chi connectivity index (χ0n) is 10.9. The van der Waals surface area contributed by atoms with Gasteiger partial charge in [-0.3, -0.25) is 4.79 Å². The first-order chi connectivity index (χ1) is 8.49. The molecule has 0 atom stereocenters. The molecule has 1 aromatic carbocycles. The van der Waals surface area contributed by atoms with E-state index < -0.39 is 0 Å². The van der Waals surface area contributed by atoms with Gasteiger partial charge in [0.05, 0.1) is 6.42 Å². The van der Waals surface area contributed by atoms with Crippen LogP contribution in [0.3, 0.4) is 0 Å². The van der Waals surface area contributed by atoms with Crippen molar-refractivity contribution in [2.24, 2.45) is 0 Å². The first-order valence-corrected chi connectivity index (χ1v) is 6.62. The summed E-state index contributed by atoms with van der Waals surface area (Å²) in [5.41, 5.74) is 0.857. The maximum atomic E-state index is 12.3. The molecular weight excluding hydrogens is 248 g/mol. The van der Waals surface area contributed by atoms with E-state index in [2.05, 4.69) is 19.2 Å². The molecule has 1 aliphatic rings. The Labute approximate surface area is 113 Å². The van der Waals surface area contributed by atoms with Crippen LogP contribution in [0.25, 0.3) is 0 Å². The Morgan fingerprint density at radius 1 is 1.50 bits per heavy atom. The molecule has 0 saturated carbocycles. The molecule has 98 valence electrons. The molecule has 1 amide bonds. The maximum absolute atomic E-state index is 12.3. The standard InChI is InChI=1S/C14H19ClN2O/c1-14(2)10-16-6-7-17(14)13(18)9-11-4-3-5-12(15)8-11/h3-5,8,16H,6-7,9-10H2,1-2H3. The third kappa shape index (κ3) is 3.03. The van der Waals surface area contributed by atoms with Crippen molar-refractivity contribution in [3.05, 3.63) is 34.9 Å². The summed E-state index contributed by atoms with van der Waals surface area (Å²) in [5.74, 6) is 0.170. The number of piperazine rings is 1. The molecule has 4 heteroatoms. The van der Waals surface area contributed by atoms with Crippen molar-refractivity contribution in [2.45, 2.75) is 25.8 Å². The van der Waals surface area contributed by atoms with Gasteiger partial charge in [0.15, 0.2) is 0 Å². The first kappa shape index (κ1) is 13.4. The van der Waals surface area contributed by atoms with Gasteiger partial charge in [-0.25, -0.2) is 0 Å². The Hall–Kier alpha value is -1.06. The molecule has 18 heavy (non-hydrogen) atoms. The number of hydrogen-bond acceptors (Lipinski definition) is 2. The van der Waals surface area contributed by atoms with Crippen molar-refractivity contribution in [1.29, 1.82) is 0 Å². The molecule has 0 aromatic heterocycles. The summed E-state index contributed by atoms with van der Waals surface area (Å²) >= 11 is 5.94. The number of rotatable bonds is 2. The third-order valence-electron chi connectivity index (χ3n) is 3.35. The topological polar surface area (TPSA) is 32.3 Å². The lowest BCUT2D eigenvalue weighted by molar-refractivity contribution is -0.136. The molecule has 1 aromatic rings. The molecule has 1 fully saturated rings. The van der Waals surface area contributed by atoms with Gasteiger partial charge in [0, 0.05) is 30.2 Å². The molecule has 2 rings (SSSR count). The second kappa shape index (κ2) is 5.29. The predicted molar refractivity (Wildman–Crippen MR) is 73.8 cm³/mol. The van der Waals surface area contributed by atoms with E-state index in [1.54, 1.807) is 0 Å². The smallest absolute Gasteiger partial charge is 0.227 e. The lowest BCUT2D eigenvalue weighted by Gasteiger charge is -2.43. The van der Waals surface area contributed by atoms with Gasteiger partial charge in [-0.05, 0) is 31.5 Å². The van der Waals surface area contributed by atoms with Crippen LogP contribution >= 0.6 is 11.6 Å². The zero-order chi connectivity index (χ0) is 13.2. The van der Waals surface area contributed by atoms with Gasteiger partial charge in [0.1, 0.15) is 0 Å². The Morgan fingerprint density at radius 2 is 2.28 bits per heavy atom. The van der Waals surface area contributed by atoms with Crippen LogP contribution in [0.1, 0.15) is 19.4 Å². The summed E-state index contributed by atoms with van der Waals surface area (Å²) in [6, 6.07) is 7.51. The second-order valence-electron chi connectivity index (χ2n) is 5.34. The van der Waals surface area contributed by atoms with Gasteiger partial charge >= 0.3 is 0 Å². The number of carbonyl (C=O) groups is 1. The van der Waals surface area contributed by atoms with Gasteiger partial charge in [0.25, 0.3) is 0 Å². The van der Waals surface area contributed by atoms with E-state index in [0.717, 1.165) is 25.2 Å². The number of carbonyl (C=O) groups excluding carboxylic acids is 1. The van der Waals surface area contributed by atoms with Gasteiger partial charge in [-0.2, -0.15) is 0 Å². The highest BCUT2D eigenvalue weighted by Crippen LogP contribution is 2.19. The van der Waals surface area contributed by atoms with Gasteiger partial charge < -0.3 is 10.2 Å². The molecule has 0 bridgehead atoms. The lowest BCUT2D eigenvalue weighted by Crippen LogP contribution is -2.60. The number of amides is 1. The molecule has 1 saturated heterocycles. The van der Waals surface area contributed by atoms with Crippen molar-refractivity contribution in [3.8, 4) is 0 Å². The van der Waals surface area contributed by atoms with E-state index in [1.807, 2.05) is 29.2 Å². The van der Waals surface area contributed by atoms with Crippen LogP contribution in [-0.2, 0) is 11.2 Å². The number of hydrogen-bond donors (Lipinski definition) is 1. The highest BCUT2D eigenvalue weighted by atomic mass is 35.5. The lowest BCUT2D eigenvalue weighted by atomic mass is 9.99. The van der Waals surface area contributed by atoms with Crippen LogP contribution in [0.5, 0.6) is 0 Å². The first-order valence-electron chi connectivity index (χ1n) is 6.25. The van der Waals surface area contributed by atoms with E-state index in [4.69, 9.17) is 11.6 Å². The van der Waals surface area contributed by atoms with Crippen molar-refractivity contribution in [3.63, 3.8) is 0 Å². The largest absolute Gasteiger partial charge is 0.335 e. The SMILES string of the molecule is CC1(C)CNCCN1C(=O)Cc1cccc(Cl)c1. The fourth-order valence-electron chi connectivity index (χ4n) is 2.36. The van der Waals surface area contributed by atoms with Gasteiger partial charge in [-0.15, -0.1) is 0 Å². The minimum atomic E-state index is -0.117. The van der Waals surface area contributed by atoms with Crippen LogP contribution in [0.2, 0.25) is 5.02 Å². The Balaban J connectivity index is 2.07. The Kier molecular flexibility index (Phi) is 3.93. The molecule has 1 aliphatic heterocycles. The summed E-state index contributed by atoms with van der Waals surface area (Å²) < 4.78 is 0. The summed E-state index contributed by atoms with van der Waals surface area (Å²) in [4.78, 5) is 14.3. The van der Waals surface area contributed by atoms with Crippen LogP contribution < -0.4 is 5.32 Å². The fourth-order valence-corrected chi connectivity index (χ4v) is 2.58. The fraction of sp³-hybridized carbons (Fsp3) is 0.500. The molecule has 0 spiro atoms. The molecule has 0 unspecified atom stereocenters. The Bertz CT molecular complexity index is 445.